The summed E-state index contributed by atoms with van der Waals surface area (Å²) in [4.78, 5) is 11.0. The normalized spacial score (nSPS) is 15.0. The lowest BCUT2D eigenvalue weighted by Crippen LogP contribution is -2.46. The molecule has 1 aromatic carbocycles. The van der Waals surface area contributed by atoms with Crippen LogP contribution in [0, 0.1) is 0 Å². The minimum atomic E-state index is 0. The Hall–Kier alpha value is -1.87. The SMILES string of the molecule is CCOC1CCN(C(=NC)NCc2cccc(OCc3ccccn3)c2)CC1.I. The van der Waals surface area contributed by atoms with Gasteiger partial charge in [0.2, 0.25) is 0 Å². The highest BCUT2D eigenvalue weighted by atomic mass is 127. The van der Waals surface area contributed by atoms with E-state index in [2.05, 4.69) is 39.2 Å². The van der Waals surface area contributed by atoms with Crippen molar-refractivity contribution < 1.29 is 9.47 Å². The number of hydrogen-bond acceptors (Lipinski definition) is 4. The van der Waals surface area contributed by atoms with Crippen LogP contribution in [0.1, 0.15) is 31.0 Å². The molecule has 1 saturated heterocycles. The summed E-state index contributed by atoms with van der Waals surface area (Å²) in [5.41, 5.74) is 2.07. The highest BCUT2D eigenvalue weighted by Crippen LogP contribution is 2.16. The molecule has 0 spiro atoms. The van der Waals surface area contributed by atoms with Gasteiger partial charge in [0.15, 0.2) is 5.96 Å². The Morgan fingerprint density at radius 1 is 1.21 bits per heavy atom. The molecule has 0 atom stereocenters. The van der Waals surface area contributed by atoms with Crippen molar-refractivity contribution in [3.05, 3.63) is 59.9 Å². The van der Waals surface area contributed by atoms with Gasteiger partial charge in [-0.25, -0.2) is 0 Å². The second kappa shape index (κ2) is 12.6. The van der Waals surface area contributed by atoms with Crippen LogP contribution < -0.4 is 10.1 Å². The highest BCUT2D eigenvalue weighted by molar-refractivity contribution is 14.0. The monoisotopic (exact) mass is 510 g/mol. The number of halogens is 1. The predicted molar refractivity (Wildman–Crippen MR) is 127 cm³/mol. The van der Waals surface area contributed by atoms with Gasteiger partial charge in [0, 0.05) is 39.5 Å². The Kier molecular flexibility index (Phi) is 10.2. The fraction of sp³-hybridized carbons (Fsp3) is 0.455. The van der Waals surface area contributed by atoms with Crippen LogP contribution >= 0.6 is 24.0 Å². The molecule has 0 unspecified atom stereocenters. The average Bonchev–Trinajstić information content (AvgIpc) is 2.75. The van der Waals surface area contributed by atoms with Crippen molar-refractivity contribution in [1.29, 1.82) is 0 Å². The van der Waals surface area contributed by atoms with Crippen molar-refractivity contribution in [2.75, 3.05) is 26.7 Å². The van der Waals surface area contributed by atoms with Crippen LogP contribution in [0.3, 0.4) is 0 Å². The predicted octanol–water partition coefficient (Wildman–Crippen LogP) is 3.85. The highest BCUT2D eigenvalue weighted by Gasteiger charge is 2.21. The van der Waals surface area contributed by atoms with E-state index in [1.54, 1.807) is 6.20 Å². The quantitative estimate of drug-likeness (QED) is 0.349. The van der Waals surface area contributed by atoms with E-state index in [1.165, 1.54) is 0 Å². The second-order valence-electron chi connectivity index (χ2n) is 6.80. The third-order valence-electron chi connectivity index (χ3n) is 4.82. The minimum absolute atomic E-state index is 0. The number of ether oxygens (including phenoxy) is 2. The number of piperidine rings is 1. The lowest BCUT2D eigenvalue weighted by molar-refractivity contribution is 0.0263. The molecular weight excluding hydrogens is 479 g/mol. The molecule has 29 heavy (non-hydrogen) atoms. The first kappa shape index (κ1) is 23.4. The summed E-state index contributed by atoms with van der Waals surface area (Å²) >= 11 is 0. The molecule has 3 rings (SSSR count). The molecule has 2 heterocycles. The number of aliphatic imine (C=N–C) groups is 1. The molecule has 158 valence electrons. The Morgan fingerprint density at radius 2 is 2.03 bits per heavy atom. The van der Waals surface area contributed by atoms with Crippen molar-refractivity contribution in [2.45, 2.75) is 39.0 Å². The number of nitrogens with zero attached hydrogens (tertiary/aromatic N) is 3. The fourth-order valence-electron chi connectivity index (χ4n) is 3.37. The number of guanidine groups is 1. The first-order valence-electron chi connectivity index (χ1n) is 9.97. The van der Waals surface area contributed by atoms with Gasteiger partial charge in [-0.1, -0.05) is 18.2 Å². The van der Waals surface area contributed by atoms with Crippen LogP contribution in [-0.2, 0) is 17.9 Å². The molecular formula is C22H31IN4O2. The maximum absolute atomic E-state index is 5.87. The second-order valence-corrected chi connectivity index (χ2v) is 6.80. The molecule has 7 heteroatoms. The van der Waals surface area contributed by atoms with Crippen LogP contribution in [0.15, 0.2) is 53.7 Å². The molecule has 0 bridgehead atoms. The summed E-state index contributed by atoms with van der Waals surface area (Å²) in [5, 5.41) is 3.47. The minimum Gasteiger partial charge on any atom is -0.487 e. The zero-order chi connectivity index (χ0) is 19.6. The molecule has 0 aliphatic carbocycles. The average molecular weight is 510 g/mol. The summed E-state index contributed by atoms with van der Waals surface area (Å²) < 4.78 is 11.6. The smallest absolute Gasteiger partial charge is 0.193 e. The van der Waals surface area contributed by atoms with Crippen LogP contribution in [0.25, 0.3) is 0 Å². The molecule has 6 nitrogen and oxygen atoms in total. The molecule has 0 amide bonds. The maximum Gasteiger partial charge on any atom is 0.193 e. The first-order valence-corrected chi connectivity index (χ1v) is 9.97. The van der Waals surface area contributed by atoms with E-state index in [4.69, 9.17) is 9.47 Å². The Labute approximate surface area is 190 Å². The molecule has 0 saturated carbocycles. The van der Waals surface area contributed by atoms with Gasteiger partial charge in [0.25, 0.3) is 0 Å². The Balaban J connectivity index is 0.00000300. The number of likely N-dealkylation sites (tertiary alicyclic amines) is 1. The van der Waals surface area contributed by atoms with Gasteiger partial charge in [-0.05, 0) is 49.6 Å². The zero-order valence-electron chi connectivity index (χ0n) is 17.2. The van der Waals surface area contributed by atoms with Gasteiger partial charge in [0.1, 0.15) is 12.4 Å². The van der Waals surface area contributed by atoms with E-state index < -0.39 is 0 Å². The number of benzene rings is 1. The van der Waals surface area contributed by atoms with E-state index in [0.717, 1.165) is 55.5 Å². The van der Waals surface area contributed by atoms with Crippen molar-refractivity contribution in [3.8, 4) is 5.75 Å². The topological polar surface area (TPSA) is 59.0 Å². The van der Waals surface area contributed by atoms with E-state index in [1.807, 2.05) is 37.4 Å². The largest absolute Gasteiger partial charge is 0.487 e. The van der Waals surface area contributed by atoms with Crippen LogP contribution in [0.5, 0.6) is 5.75 Å². The number of pyridine rings is 1. The first-order chi connectivity index (χ1) is 13.8. The molecule has 2 aromatic rings. The van der Waals surface area contributed by atoms with Gasteiger partial charge in [-0.3, -0.25) is 9.98 Å². The van der Waals surface area contributed by atoms with Crippen LogP contribution in [-0.4, -0.2) is 48.7 Å². The van der Waals surface area contributed by atoms with Crippen molar-refractivity contribution in [2.24, 2.45) is 4.99 Å². The Morgan fingerprint density at radius 3 is 2.72 bits per heavy atom. The molecule has 1 fully saturated rings. The van der Waals surface area contributed by atoms with Gasteiger partial charge in [-0.15, -0.1) is 24.0 Å². The number of aromatic nitrogens is 1. The standard InChI is InChI=1S/C22H30N4O2.HI/c1-3-27-20-10-13-26(14-11-20)22(23-2)25-16-18-7-6-9-21(15-18)28-17-19-8-4-5-12-24-19;/h4-9,12,15,20H,3,10-11,13-14,16-17H2,1-2H3,(H,23,25);1H. The molecule has 1 aromatic heterocycles. The van der Waals surface area contributed by atoms with Gasteiger partial charge < -0.3 is 19.7 Å². The Bertz CT molecular complexity index is 749. The number of rotatable bonds is 7. The lowest BCUT2D eigenvalue weighted by atomic mass is 10.1. The fourth-order valence-corrected chi connectivity index (χ4v) is 3.37. The zero-order valence-corrected chi connectivity index (χ0v) is 19.5. The number of hydrogen-bond donors (Lipinski definition) is 1. The lowest BCUT2D eigenvalue weighted by Gasteiger charge is -2.34. The van der Waals surface area contributed by atoms with Gasteiger partial charge in [0.05, 0.1) is 11.8 Å². The van der Waals surface area contributed by atoms with Crippen LogP contribution in [0.4, 0.5) is 0 Å². The van der Waals surface area contributed by atoms with Gasteiger partial charge >= 0.3 is 0 Å². The summed E-state index contributed by atoms with van der Waals surface area (Å²) in [6, 6.07) is 14.0. The third-order valence-corrected chi connectivity index (χ3v) is 4.82. The van der Waals surface area contributed by atoms with E-state index in [-0.39, 0.29) is 24.0 Å². The van der Waals surface area contributed by atoms with Crippen molar-refractivity contribution >= 4 is 29.9 Å². The number of nitrogens with one attached hydrogen (secondary N) is 1. The summed E-state index contributed by atoms with van der Waals surface area (Å²) in [5.74, 6) is 1.78. The molecule has 1 aliphatic heterocycles. The van der Waals surface area contributed by atoms with Crippen molar-refractivity contribution in [3.63, 3.8) is 0 Å². The molecule has 1 aliphatic rings. The maximum atomic E-state index is 5.87. The third kappa shape index (κ3) is 7.47. The van der Waals surface area contributed by atoms with Crippen molar-refractivity contribution in [1.82, 2.24) is 15.2 Å². The van der Waals surface area contributed by atoms with E-state index in [9.17, 15) is 0 Å². The summed E-state index contributed by atoms with van der Waals surface area (Å²) in [6.45, 7) is 5.96. The summed E-state index contributed by atoms with van der Waals surface area (Å²) in [7, 11) is 1.84. The van der Waals surface area contributed by atoms with E-state index in [0.29, 0.717) is 19.3 Å². The summed E-state index contributed by atoms with van der Waals surface area (Å²) in [6.07, 6.45) is 4.26. The van der Waals surface area contributed by atoms with Gasteiger partial charge in [-0.2, -0.15) is 0 Å². The molecule has 0 radical (unpaired) electrons. The van der Waals surface area contributed by atoms with E-state index >= 15 is 0 Å². The van der Waals surface area contributed by atoms with Crippen LogP contribution in [0.2, 0.25) is 0 Å². The molecule has 1 N–H and O–H groups in total.